The lowest BCUT2D eigenvalue weighted by atomic mass is 10.2. The van der Waals surface area contributed by atoms with Crippen LogP contribution in [0.3, 0.4) is 0 Å². The molecule has 4 nitrogen and oxygen atoms in total. The Morgan fingerprint density at radius 2 is 2.11 bits per heavy atom. The van der Waals surface area contributed by atoms with Gasteiger partial charge in [-0.1, -0.05) is 18.2 Å². The number of carbonyl (C=O) groups is 1. The zero-order chi connectivity index (χ0) is 14.0. The van der Waals surface area contributed by atoms with Gasteiger partial charge in [-0.2, -0.15) is 0 Å². The van der Waals surface area contributed by atoms with Gasteiger partial charge in [-0.15, -0.1) is 24.9 Å². The molecule has 2 N–H and O–H groups in total. The van der Waals surface area contributed by atoms with Crippen LogP contribution in [0.5, 0.6) is 5.75 Å². The second-order valence-electron chi connectivity index (χ2n) is 3.86. The van der Waals surface area contributed by atoms with Crippen LogP contribution < -0.4 is 10.1 Å². The Morgan fingerprint density at radius 3 is 2.68 bits per heavy atom. The van der Waals surface area contributed by atoms with Crippen molar-refractivity contribution in [2.45, 2.75) is 17.8 Å². The van der Waals surface area contributed by atoms with Crippen LogP contribution >= 0.6 is 11.8 Å². The molecule has 2 atom stereocenters. The number of nitrogens with one attached hydrogen (secondary N) is 1. The molecule has 2 rings (SSSR count). The molecule has 1 aliphatic heterocycles. The summed E-state index contributed by atoms with van der Waals surface area (Å²) in [7, 11) is 0. The van der Waals surface area contributed by atoms with Gasteiger partial charge in [0.15, 0.2) is 0 Å². The zero-order valence-electron chi connectivity index (χ0n) is 9.48. The molecule has 0 amide bonds. The smallest absolute Gasteiger partial charge is 0.480 e. The van der Waals surface area contributed by atoms with Gasteiger partial charge in [0.2, 0.25) is 0 Å². The summed E-state index contributed by atoms with van der Waals surface area (Å²) in [6, 6.07) is 4.93. The lowest BCUT2D eigenvalue weighted by Gasteiger charge is -2.17. The Hall–Kier alpha value is -1.41. The molecule has 1 fully saturated rings. The summed E-state index contributed by atoms with van der Waals surface area (Å²) in [5.74, 6) is -1.05. The molecule has 1 saturated heterocycles. The van der Waals surface area contributed by atoms with Crippen LogP contribution in [0.1, 0.15) is 10.9 Å². The van der Waals surface area contributed by atoms with E-state index < -0.39 is 23.7 Å². The highest BCUT2D eigenvalue weighted by Crippen LogP contribution is 2.39. The first-order valence-electron chi connectivity index (χ1n) is 5.32. The molecule has 0 aliphatic carbocycles. The predicted molar refractivity (Wildman–Crippen MR) is 62.9 cm³/mol. The Bertz CT molecular complexity index is 480. The molecule has 1 aliphatic rings. The number of thioether (sulfide) groups is 1. The quantitative estimate of drug-likeness (QED) is 0.896. The molecule has 1 aromatic carbocycles. The van der Waals surface area contributed by atoms with Gasteiger partial charge >= 0.3 is 12.3 Å². The summed E-state index contributed by atoms with van der Waals surface area (Å²) in [5.41, 5.74) is 0.286. The average Bonchev–Trinajstić information content (AvgIpc) is 2.76. The highest BCUT2D eigenvalue weighted by Gasteiger charge is 2.35. The van der Waals surface area contributed by atoms with Gasteiger partial charge in [-0.25, -0.2) is 0 Å². The van der Waals surface area contributed by atoms with Gasteiger partial charge in [0.05, 0.1) is 5.37 Å². The maximum absolute atomic E-state index is 12.3. The Kier molecular flexibility index (Phi) is 3.91. The third kappa shape index (κ3) is 3.54. The molecule has 1 heterocycles. The lowest BCUT2D eigenvalue weighted by Crippen LogP contribution is -2.33. The van der Waals surface area contributed by atoms with Gasteiger partial charge < -0.3 is 9.84 Å². The lowest BCUT2D eigenvalue weighted by molar-refractivity contribution is -0.274. The van der Waals surface area contributed by atoms with E-state index in [0.29, 0.717) is 5.75 Å². The van der Waals surface area contributed by atoms with E-state index in [1.165, 1.54) is 30.0 Å². The van der Waals surface area contributed by atoms with Crippen molar-refractivity contribution < 1.29 is 27.8 Å². The van der Waals surface area contributed by atoms with E-state index in [-0.39, 0.29) is 11.3 Å². The predicted octanol–water partition coefficient (Wildman–Crippen LogP) is 2.37. The Labute approximate surface area is 110 Å². The normalized spacial score (nSPS) is 23.3. The van der Waals surface area contributed by atoms with E-state index in [2.05, 4.69) is 10.1 Å². The molecule has 8 heteroatoms. The second-order valence-corrected chi connectivity index (χ2v) is 4.99. The van der Waals surface area contributed by atoms with Gasteiger partial charge in [0, 0.05) is 11.3 Å². The first kappa shape index (κ1) is 14.0. The maximum Gasteiger partial charge on any atom is 0.573 e. The molecule has 2 unspecified atom stereocenters. The molecule has 0 spiro atoms. The molecule has 1 aromatic rings. The molecule has 0 saturated carbocycles. The summed E-state index contributed by atoms with van der Waals surface area (Å²) in [5, 5.41) is 11.1. The average molecular weight is 293 g/mol. The van der Waals surface area contributed by atoms with Crippen LogP contribution in [0, 0.1) is 0 Å². The minimum Gasteiger partial charge on any atom is -0.480 e. The standard InChI is InChI=1S/C11H10F3NO3S/c12-11(13,14)18-8-4-2-1-3-6(8)9-15-7(5-19-9)10(16)17/h1-4,7,9,15H,5H2,(H,16,17). The van der Waals surface area contributed by atoms with E-state index >= 15 is 0 Å². The third-order valence-corrected chi connectivity index (χ3v) is 3.76. The van der Waals surface area contributed by atoms with Crippen molar-refractivity contribution in [3.8, 4) is 5.75 Å². The maximum atomic E-state index is 12.3. The topological polar surface area (TPSA) is 58.6 Å². The van der Waals surface area contributed by atoms with E-state index in [1.807, 2.05) is 0 Å². The summed E-state index contributed by atoms with van der Waals surface area (Å²) >= 11 is 1.23. The molecular weight excluding hydrogens is 283 g/mol. The number of rotatable bonds is 3. The van der Waals surface area contributed by atoms with Crippen LogP contribution in [-0.4, -0.2) is 29.2 Å². The molecule has 19 heavy (non-hydrogen) atoms. The highest BCUT2D eigenvalue weighted by molar-refractivity contribution is 7.99. The van der Waals surface area contributed by atoms with E-state index in [0.717, 1.165) is 0 Å². The van der Waals surface area contributed by atoms with Crippen LogP contribution in [0.25, 0.3) is 0 Å². The first-order valence-corrected chi connectivity index (χ1v) is 6.37. The number of halogens is 3. The first-order chi connectivity index (χ1) is 8.87. The number of hydrogen-bond donors (Lipinski definition) is 2. The highest BCUT2D eigenvalue weighted by atomic mass is 32.2. The summed E-state index contributed by atoms with van der Waals surface area (Å²) in [6.07, 6.45) is -4.77. The SMILES string of the molecule is O=C(O)C1CSC(c2ccccc2OC(F)(F)F)N1. The van der Waals surface area contributed by atoms with Crippen molar-refractivity contribution in [1.82, 2.24) is 5.32 Å². The summed E-state index contributed by atoms with van der Waals surface area (Å²) in [4.78, 5) is 10.8. The van der Waals surface area contributed by atoms with Crippen molar-refractivity contribution in [3.05, 3.63) is 29.8 Å². The van der Waals surface area contributed by atoms with Gasteiger partial charge in [0.25, 0.3) is 0 Å². The minimum absolute atomic E-state index is 0.286. The fourth-order valence-corrected chi connectivity index (χ4v) is 2.97. The second kappa shape index (κ2) is 5.30. The number of para-hydroxylation sites is 1. The summed E-state index contributed by atoms with van der Waals surface area (Å²) in [6.45, 7) is 0. The van der Waals surface area contributed by atoms with Crippen molar-refractivity contribution in [1.29, 1.82) is 0 Å². The summed E-state index contributed by atoms with van der Waals surface area (Å²) < 4.78 is 40.7. The van der Waals surface area contributed by atoms with Crippen LogP contribution in [0.2, 0.25) is 0 Å². The number of ether oxygens (including phenoxy) is 1. The van der Waals surface area contributed by atoms with Gasteiger partial charge in [0.1, 0.15) is 11.8 Å². The van der Waals surface area contributed by atoms with Gasteiger partial charge in [-0.05, 0) is 6.07 Å². The monoisotopic (exact) mass is 293 g/mol. The van der Waals surface area contributed by atoms with Crippen molar-refractivity contribution >= 4 is 17.7 Å². The van der Waals surface area contributed by atoms with Crippen LogP contribution in [0.4, 0.5) is 13.2 Å². The Morgan fingerprint density at radius 1 is 1.42 bits per heavy atom. The minimum atomic E-state index is -4.77. The number of carboxylic acids is 1. The zero-order valence-corrected chi connectivity index (χ0v) is 10.3. The fourth-order valence-electron chi connectivity index (χ4n) is 1.71. The number of carboxylic acid groups (broad SMARTS) is 1. The molecule has 0 aromatic heterocycles. The van der Waals surface area contributed by atoms with Crippen LogP contribution in [0.15, 0.2) is 24.3 Å². The Balaban J connectivity index is 2.19. The molecule has 0 bridgehead atoms. The van der Waals surface area contributed by atoms with E-state index in [4.69, 9.17) is 5.11 Å². The van der Waals surface area contributed by atoms with E-state index in [9.17, 15) is 18.0 Å². The van der Waals surface area contributed by atoms with Gasteiger partial charge in [-0.3, -0.25) is 10.1 Å². The molecule has 0 radical (unpaired) electrons. The van der Waals surface area contributed by atoms with Crippen molar-refractivity contribution in [3.63, 3.8) is 0 Å². The van der Waals surface area contributed by atoms with Crippen LogP contribution in [-0.2, 0) is 4.79 Å². The number of alkyl halides is 3. The molecule has 104 valence electrons. The van der Waals surface area contributed by atoms with Crippen molar-refractivity contribution in [2.75, 3.05) is 5.75 Å². The van der Waals surface area contributed by atoms with Crippen molar-refractivity contribution in [2.24, 2.45) is 0 Å². The largest absolute Gasteiger partial charge is 0.573 e. The third-order valence-electron chi connectivity index (χ3n) is 2.51. The number of aliphatic carboxylic acids is 1. The number of benzene rings is 1. The fraction of sp³-hybridized carbons (Fsp3) is 0.364. The van der Waals surface area contributed by atoms with E-state index in [1.54, 1.807) is 6.07 Å². The number of hydrogen-bond acceptors (Lipinski definition) is 4. The molecular formula is C11H10F3NO3S.